The van der Waals surface area contributed by atoms with Crippen molar-refractivity contribution >= 4 is 34.0 Å². The topological polar surface area (TPSA) is 42.0 Å². The van der Waals surface area contributed by atoms with Gasteiger partial charge in [0.1, 0.15) is 0 Å². The van der Waals surface area contributed by atoms with Crippen molar-refractivity contribution in [3.63, 3.8) is 0 Å². The number of carbonyl (C=O) groups is 1. The summed E-state index contributed by atoms with van der Waals surface area (Å²) in [5, 5.41) is 4.25. The van der Waals surface area contributed by atoms with Gasteiger partial charge in [-0.2, -0.15) is 0 Å². The highest BCUT2D eigenvalue weighted by molar-refractivity contribution is 7.15. The fourth-order valence-corrected chi connectivity index (χ4v) is 3.42. The van der Waals surface area contributed by atoms with E-state index in [1.54, 1.807) is 6.20 Å². The molecular formula is C19H17ClN2OS. The largest absolute Gasteiger partial charge is 0.302 e. The lowest BCUT2D eigenvalue weighted by atomic mass is 10.1. The highest BCUT2D eigenvalue weighted by Crippen LogP contribution is 2.24. The first-order valence-corrected chi connectivity index (χ1v) is 8.92. The number of halogens is 1. The summed E-state index contributed by atoms with van der Waals surface area (Å²) in [5.41, 5.74) is 2.22. The van der Waals surface area contributed by atoms with Crippen LogP contribution >= 0.6 is 22.9 Å². The Labute approximate surface area is 150 Å². The molecule has 0 spiro atoms. The van der Waals surface area contributed by atoms with Gasteiger partial charge in [0.15, 0.2) is 5.13 Å². The van der Waals surface area contributed by atoms with E-state index in [1.165, 1.54) is 11.3 Å². The first-order chi connectivity index (χ1) is 11.7. The van der Waals surface area contributed by atoms with E-state index in [9.17, 15) is 4.79 Å². The zero-order valence-electron chi connectivity index (χ0n) is 13.0. The minimum atomic E-state index is -0.0162. The van der Waals surface area contributed by atoms with E-state index in [0.717, 1.165) is 33.9 Å². The van der Waals surface area contributed by atoms with Crippen LogP contribution in [0.25, 0.3) is 0 Å². The number of amides is 1. The number of aryl methyl sites for hydroxylation is 1. The zero-order valence-corrected chi connectivity index (χ0v) is 14.6. The predicted octanol–water partition coefficient (Wildman–Crippen LogP) is 4.96. The first-order valence-electron chi connectivity index (χ1n) is 7.72. The molecule has 3 aromatic rings. The Morgan fingerprint density at radius 1 is 1.08 bits per heavy atom. The second kappa shape index (κ2) is 8.08. The van der Waals surface area contributed by atoms with Crippen molar-refractivity contribution in [2.75, 3.05) is 5.32 Å². The summed E-state index contributed by atoms with van der Waals surface area (Å²) >= 11 is 7.66. The molecule has 3 nitrogen and oxygen atoms in total. The van der Waals surface area contributed by atoms with Crippen molar-refractivity contribution in [1.82, 2.24) is 4.98 Å². The van der Waals surface area contributed by atoms with Crippen LogP contribution in [0, 0.1) is 0 Å². The Bertz CT molecular complexity index is 817. The fraction of sp³-hybridized carbons (Fsp3) is 0.158. The van der Waals surface area contributed by atoms with Crippen molar-refractivity contribution < 1.29 is 4.79 Å². The van der Waals surface area contributed by atoms with Gasteiger partial charge in [-0.05, 0) is 23.6 Å². The first kappa shape index (κ1) is 16.7. The van der Waals surface area contributed by atoms with Gasteiger partial charge >= 0.3 is 0 Å². The quantitative estimate of drug-likeness (QED) is 0.678. The molecule has 1 N–H and O–H groups in total. The van der Waals surface area contributed by atoms with Crippen molar-refractivity contribution in [2.45, 2.75) is 19.3 Å². The lowest BCUT2D eigenvalue weighted by Gasteiger charge is -2.02. The number of rotatable bonds is 6. The second-order valence-electron chi connectivity index (χ2n) is 5.43. The highest BCUT2D eigenvalue weighted by atomic mass is 35.5. The predicted molar refractivity (Wildman–Crippen MR) is 99.8 cm³/mol. The zero-order chi connectivity index (χ0) is 16.8. The summed E-state index contributed by atoms with van der Waals surface area (Å²) in [4.78, 5) is 17.4. The Hall–Kier alpha value is -2.17. The van der Waals surface area contributed by atoms with Crippen LogP contribution in [0.4, 0.5) is 5.13 Å². The molecular weight excluding hydrogens is 340 g/mol. The molecule has 0 saturated carbocycles. The van der Waals surface area contributed by atoms with Crippen LogP contribution in [0.3, 0.4) is 0 Å². The monoisotopic (exact) mass is 356 g/mol. The van der Waals surface area contributed by atoms with Crippen LogP contribution in [0.2, 0.25) is 5.02 Å². The average Bonchev–Trinajstić information content (AvgIpc) is 3.03. The molecule has 0 saturated heterocycles. The Morgan fingerprint density at radius 3 is 2.62 bits per heavy atom. The number of nitrogens with zero attached hydrogens (tertiary/aromatic N) is 1. The van der Waals surface area contributed by atoms with Crippen molar-refractivity contribution in [1.29, 1.82) is 0 Å². The van der Waals surface area contributed by atoms with Crippen molar-refractivity contribution in [3.05, 3.63) is 81.8 Å². The Morgan fingerprint density at radius 2 is 1.83 bits per heavy atom. The molecule has 0 aliphatic heterocycles. The van der Waals surface area contributed by atoms with Gasteiger partial charge in [0.05, 0.1) is 0 Å². The third kappa shape index (κ3) is 4.66. The highest BCUT2D eigenvalue weighted by Gasteiger charge is 2.09. The van der Waals surface area contributed by atoms with Gasteiger partial charge < -0.3 is 5.32 Å². The molecule has 0 fully saturated rings. The number of benzene rings is 2. The van der Waals surface area contributed by atoms with Crippen molar-refractivity contribution in [3.8, 4) is 0 Å². The molecule has 24 heavy (non-hydrogen) atoms. The molecule has 0 bridgehead atoms. The van der Waals surface area contributed by atoms with Gasteiger partial charge in [0, 0.05) is 28.9 Å². The number of aromatic nitrogens is 1. The third-order valence-corrected chi connectivity index (χ3v) is 4.89. The van der Waals surface area contributed by atoms with Crippen molar-refractivity contribution in [2.24, 2.45) is 0 Å². The number of nitrogens with one attached hydrogen (secondary N) is 1. The van der Waals surface area contributed by atoms with Gasteiger partial charge in [0.25, 0.3) is 0 Å². The molecule has 0 atom stereocenters. The minimum Gasteiger partial charge on any atom is -0.302 e. The summed E-state index contributed by atoms with van der Waals surface area (Å²) in [5.74, 6) is -0.0162. The van der Waals surface area contributed by atoms with Gasteiger partial charge in [-0.15, -0.1) is 11.3 Å². The standard InChI is InChI=1S/C19H17ClN2OS/c20-17-9-5-4-8-15(17)12-16-13-21-19(24-16)22-18(23)11-10-14-6-2-1-3-7-14/h1-9,13H,10-12H2,(H,21,22,23). The summed E-state index contributed by atoms with van der Waals surface area (Å²) in [6.45, 7) is 0. The molecule has 0 aliphatic rings. The summed E-state index contributed by atoms with van der Waals surface area (Å²) < 4.78 is 0. The van der Waals surface area contributed by atoms with Gasteiger partial charge in [-0.3, -0.25) is 4.79 Å². The van der Waals surface area contributed by atoms with E-state index in [1.807, 2.05) is 54.6 Å². The molecule has 5 heteroatoms. The SMILES string of the molecule is O=C(CCc1ccccc1)Nc1ncc(Cc2ccccc2Cl)s1. The summed E-state index contributed by atoms with van der Waals surface area (Å²) in [6.07, 6.45) is 3.69. The normalized spacial score (nSPS) is 10.5. The van der Waals surface area contributed by atoms with Crippen LogP contribution in [0.1, 0.15) is 22.4 Å². The molecule has 0 unspecified atom stereocenters. The van der Waals surface area contributed by atoms with Crippen LogP contribution < -0.4 is 5.32 Å². The van der Waals surface area contributed by atoms with Crippen LogP contribution in [0.5, 0.6) is 0 Å². The fourth-order valence-electron chi connectivity index (χ4n) is 2.36. The Kier molecular flexibility index (Phi) is 5.62. The van der Waals surface area contributed by atoms with E-state index in [0.29, 0.717) is 11.6 Å². The second-order valence-corrected chi connectivity index (χ2v) is 6.96. The van der Waals surface area contributed by atoms with Crippen LogP contribution in [0.15, 0.2) is 60.8 Å². The van der Waals surface area contributed by atoms with E-state index >= 15 is 0 Å². The summed E-state index contributed by atoms with van der Waals surface area (Å²) in [7, 11) is 0. The maximum Gasteiger partial charge on any atom is 0.226 e. The number of thiazole rings is 1. The maximum atomic E-state index is 12.0. The number of anilines is 1. The number of carbonyl (C=O) groups excluding carboxylic acids is 1. The molecule has 1 aromatic heterocycles. The lowest BCUT2D eigenvalue weighted by Crippen LogP contribution is -2.11. The van der Waals surface area contributed by atoms with Gasteiger partial charge in [-0.25, -0.2) is 4.98 Å². The van der Waals surface area contributed by atoms with E-state index in [-0.39, 0.29) is 5.91 Å². The molecule has 122 valence electrons. The average molecular weight is 357 g/mol. The molecule has 1 amide bonds. The molecule has 0 aliphatic carbocycles. The maximum absolute atomic E-state index is 12.0. The molecule has 3 rings (SSSR count). The smallest absolute Gasteiger partial charge is 0.226 e. The van der Waals surface area contributed by atoms with E-state index < -0.39 is 0 Å². The molecule has 2 aromatic carbocycles. The van der Waals surface area contributed by atoms with E-state index in [4.69, 9.17) is 11.6 Å². The number of hydrogen-bond donors (Lipinski definition) is 1. The summed E-state index contributed by atoms with van der Waals surface area (Å²) in [6, 6.07) is 17.7. The minimum absolute atomic E-state index is 0.0162. The lowest BCUT2D eigenvalue weighted by molar-refractivity contribution is -0.116. The molecule has 0 radical (unpaired) electrons. The van der Waals surface area contributed by atoms with E-state index in [2.05, 4.69) is 10.3 Å². The third-order valence-electron chi connectivity index (χ3n) is 3.61. The van der Waals surface area contributed by atoms with Crippen LogP contribution in [-0.4, -0.2) is 10.9 Å². The van der Waals surface area contributed by atoms with Gasteiger partial charge in [-0.1, -0.05) is 60.1 Å². The van der Waals surface area contributed by atoms with Gasteiger partial charge in [0.2, 0.25) is 5.91 Å². The number of hydrogen-bond acceptors (Lipinski definition) is 3. The van der Waals surface area contributed by atoms with Crippen LogP contribution in [-0.2, 0) is 17.6 Å². The molecule has 1 heterocycles. The Balaban J connectivity index is 1.54.